The van der Waals surface area contributed by atoms with Gasteiger partial charge in [-0.3, -0.25) is 0 Å². The van der Waals surface area contributed by atoms with Gasteiger partial charge in [-0.15, -0.1) is 0 Å². The molecule has 0 saturated carbocycles. The summed E-state index contributed by atoms with van der Waals surface area (Å²) in [5.74, 6) is -0.545. The van der Waals surface area contributed by atoms with Gasteiger partial charge in [-0.1, -0.05) is 33.6 Å². The van der Waals surface area contributed by atoms with Crippen LogP contribution in [0.1, 0.15) is 21.7 Å². The second-order valence-electron chi connectivity index (χ2n) is 4.19. The number of aromatic nitrogens is 1. The Kier molecular flexibility index (Phi) is 4.62. The second-order valence-corrected chi connectivity index (χ2v) is 5.51. The summed E-state index contributed by atoms with van der Waals surface area (Å²) in [6, 6.07) is 8.60. The topological polar surface area (TPSA) is 59.4 Å². The molecule has 0 aliphatic heterocycles. The summed E-state index contributed by atoms with van der Waals surface area (Å²) in [7, 11) is 0. The third-order valence-electron chi connectivity index (χ3n) is 2.53. The van der Waals surface area contributed by atoms with E-state index in [1.807, 2.05) is 13.0 Å². The summed E-state index contributed by atoms with van der Waals surface area (Å²) >= 11 is 9.31. The highest BCUT2D eigenvalue weighted by molar-refractivity contribution is 9.10. The normalized spacial score (nSPS) is 10.3. The molecule has 1 N–H and O–H groups in total. The van der Waals surface area contributed by atoms with Crippen molar-refractivity contribution in [2.24, 2.45) is 0 Å². The molecule has 1 aromatic heterocycles. The molecule has 1 heterocycles. The summed E-state index contributed by atoms with van der Waals surface area (Å²) in [6.07, 6.45) is 0. The number of hydrogen-bond donors (Lipinski definition) is 1. The zero-order valence-corrected chi connectivity index (χ0v) is 12.9. The van der Waals surface area contributed by atoms with Crippen LogP contribution < -0.4 is 4.74 Å². The van der Waals surface area contributed by atoms with E-state index in [9.17, 15) is 4.79 Å². The summed E-state index contributed by atoms with van der Waals surface area (Å²) < 4.78 is 6.20. The van der Waals surface area contributed by atoms with Crippen LogP contribution in [0.5, 0.6) is 5.75 Å². The fourth-order valence-corrected chi connectivity index (χ4v) is 2.38. The minimum absolute atomic E-state index is 0.0343. The quantitative estimate of drug-likeness (QED) is 0.896. The number of ether oxygens (including phenoxy) is 1. The van der Waals surface area contributed by atoms with E-state index in [4.69, 9.17) is 21.4 Å². The van der Waals surface area contributed by atoms with Crippen molar-refractivity contribution in [2.45, 2.75) is 13.5 Å². The van der Waals surface area contributed by atoms with Crippen LogP contribution in [0.3, 0.4) is 0 Å². The molecule has 20 heavy (non-hydrogen) atoms. The van der Waals surface area contributed by atoms with E-state index in [-0.39, 0.29) is 12.3 Å². The van der Waals surface area contributed by atoms with Gasteiger partial charge in [-0.05, 0) is 36.8 Å². The molecule has 0 unspecified atom stereocenters. The number of carboxylic acid groups (broad SMARTS) is 1. The lowest BCUT2D eigenvalue weighted by Gasteiger charge is -2.09. The summed E-state index contributed by atoms with van der Waals surface area (Å²) in [4.78, 5) is 14.9. The maximum Gasteiger partial charge on any atom is 0.354 e. The first kappa shape index (κ1) is 14.8. The first-order valence-electron chi connectivity index (χ1n) is 5.74. The largest absolute Gasteiger partial charge is 0.486 e. The van der Waals surface area contributed by atoms with Gasteiger partial charge in [0.2, 0.25) is 0 Å². The van der Waals surface area contributed by atoms with Gasteiger partial charge in [0.1, 0.15) is 18.1 Å². The molecule has 1 aromatic carbocycles. The molecule has 0 bridgehead atoms. The van der Waals surface area contributed by atoms with Crippen molar-refractivity contribution in [1.82, 2.24) is 4.98 Å². The van der Waals surface area contributed by atoms with E-state index in [0.717, 1.165) is 5.56 Å². The number of halogens is 2. The van der Waals surface area contributed by atoms with Crippen molar-refractivity contribution in [3.8, 4) is 5.75 Å². The average Bonchev–Trinajstić information content (AvgIpc) is 2.37. The molecule has 0 spiro atoms. The van der Waals surface area contributed by atoms with Crippen molar-refractivity contribution in [1.29, 1.82) is 0 Å². The molecule has 6 heteroatoms. The van der Waals surface area contributed by atoms with E-state index in [1.165, 1.54) is 6.07 Å². The number of carboxylic acids is 1. The molecule has 0 saturated heterocycles. The van der Waals surface area contributed by atoms with Crippen molar-refractivity contribution in [2.75, 3.05) is 0 Å². The third kappa shape index (κ3) is 3.71. The fraction of sp³-hybridized carbons (Fsp3) is 0.143. The van der Waals surface area contributed by atoms with Crippen molar-refractivity contribution in [3.63, 3.8) is 0 Å². The molecule has 0 aliphatic carbocycles. The van der Waals surface area contributed by atoms with Gasteiger partial charge in [0.25, 0.3) is 0 Å². The van der Waals surface area contributed by atoms with E-state index < -0.39 is 5.97 Å². The minimum atomic E-state index is -1.08. The highest BCUT2D eigenvalue weighted by Crippen LogP contribution is 2.26. The van der Waals surface area contributed by atoms with E-state index in [2.05, 4.69) is 20.9 Å². The molecule has 2 rings (SSSR count). The Hall–Kier alpha value is -1.59. The summed E-state index contributed by atoms with van der Waals surface area (Å²) in [5, 5.41) is 9.46. The van der Waals surface area contributed by atoms with Gasteiger partial charge >= 0.3 is 5.97 Å². The van der Waals surface area contributed by atoms with E-state index >= 15 is 0 Å². The van der Waals surface area contributed by atoms with Gasteiger partial charge in [-0.2, -0.15) is 0 Å². The molecule has 2 aromatic rings. The number of aryl methyl sites for hydroxylation is 1. The second kappa shape index (κ2) is 6.24. The Bertz CT molecular complexity index is 661. The van der Waals surface area contributed by atoms with Gasteiger partial charge < -0.3 is 9.84 Å². The van der Waals surface area contributed by atoms with Crippen LogP contribution in [0.2, 0.25) is 5.02 Å². The Morgan fingerprint density at radius 2 is 2.15 bits per heavy atom. The van der Waals surface area contributed by atoms with Crippen molar-refractivity contribution >= 4 is 33.5 Å². The van der Waals surface area contributed by atoms with Crippen molar-refractivity contribution in [3.05, 3.63) is 56.8 Å². The van der Waals surface area contributed by atoms with Crippen molar-refractivity contribution < 1.29 is 14.6 Å². The van der Waals surface area contributed by atoms with Crippen LogP contribution in [-0.4, -0.2) is 16.1 Å². The fourth-order valence-electron chi connectivity index (χ4n) is 1.61. The zero-order chi connectivity index (χ0) is 14.7. The molecule has 0 radical (unpaired) electrons. The Morgan fingerprint density at radius 1 is 1.40 bits per heavy atom. The number of nitrogens with zero attached hydrogens (tertiary/aromatic N) is 1. The standard InChI is InChI=1S/C14H11BrClNO3/c1-8-2-3-13(11(16)4-8)20-7-10-5-9(15)6-12(17-10)14(18)19/h2-6H,7H2,1H3,(H,18,19). The van der Waals surface area contributed by atoms with Gasteiger partial charge in [0.05, 0.1) is 10.7 Å². The number of aromatic carboxylic acids is 1. The van der Waals surface area contributed by atoms with Crippen LogP contribution >= 0.6 is 27.5 Å². The lowest BCUT2D eigenvalue weighted by Crippen LogP contribution is -2.05. The maximum atomic E-state index is 10.9. The molecule has 4 nitrogen and oxygen atoms in total. The van der Waals surface area contributed by atoms with Gasteiger partial charge in [0.15, 0.2) is 0 Å². The highest BCUT2D eigenvalue weighted by Gasteiger charge is 2.09. The lowest BCUT2D eigenvalue weighted by atomic mass is 10.2. The number of benzene rings is 1. The smallest absolute Gasteiger partial charge is 0.354 e. The predicted molar refractivity (Wildman–Crippen MR) is 79.4 cm³/mol. The summed E-state index contributed by atoms with van der Waals surface area (Å²) in [5.41, 5.74) is 1.51. The van der Waals surface area contributed by atoms with E-state index in [0.29, 0.717) is 20.9 Å². The summed E-state index contributed by atoms with van der Waals surface area (Å²) in [6.45, 7) is 2.08. The highest BCUT2D eigenvalue weighted by atomic mass is 79.9. The molecule has 0 aliphatic rings. The predicted octanol–water partition coefficient (Wildman–Crippen LogP) is 4.08. The third-order valence-corrected chi connectivity index (χ3v) is 3.28. The molecule has 0 fully saturated rings. The van der Waals surface area contributed by atoms with Crippen LogP contribution in [0, 0.1) is 6.92 Å². The van der Waals surface area contributed by atoms with Crippen LogP contribution in [0.4, 0.5) is 0 Å². The van der Waals surface area contributed by atoms with E-state index in [1.54, 1.807) is 18.2 Å². The van der Waals surface area contributed by atoms with Gasteiger partial charge in [0, 0.05) is 4.47 Å². The number of rotatable bonds is 4. The van der Waals surface area contributed by atoms with Crippen LogP contribution in [-0.2, 0) is 6.61 Å². The SMILES string of the molecule is Cc1ccc(OCc2cc(Br)cc(C(=O)O)n2)c(Cl)c1. The number of hydrogen-bond acceptors (Lipinski definition) is 3. The van der Waals surface area contributed by atoms with Gasteiger partial charge in [-0.25, -0.2) is 9.78 Å². The first-order chi connectivity index (χ1) is 9.45. The molecule has 0 amide bonds. The molecule has 104 valence electrons. The average molecular weight is 357 g/mol. The number of carbonyl (C=O) groups is 1. The molecular weight excluding hydrogens is 346 g/mol. The molecule has 0 atom stereocenters. The molecular formula is C14H11BrClNO3. The first-order valence-corrected chi connectivity index (χ1v) is 6.91. The van der Waals surface area contributed by atoms with Crippen LogP contribution in [0.15, 0.2) is 34.8 Å². The lowest BCUT2D eigenvalue weighted by molar-refractivity contribution is 0.0690. The Balaban J connectivity index is 2.16. The van der Waals surface area contributed by atoms with Crippen LogP contribution in [0.25, 0.3) is 0 Å². The Labute approximate surface area is 129 Å². The zero-order valence-electron chi connectivity index (χ0n) is 10.6. The maximum absolute atomic E-state index is 10.9. The Morgan fingerprint density at radius 3 is 2.80 bits per heavy atom. The number of pyridine rings is 1. The minimum Gasteiger partial charge on any atom is -0.486 e. The monoisotopic (exact) mass is 355 g/mol.